The molecule has 13 nitrogen and oxygen atoms in total. The van der Waals surface area contributed by atoms with Crippen LogP contribution in [0, 0.1) is 11.8 Å². The number of H-pyrrole nitrogens is 1. The lowest BCUT2D eigenvalue weighted by molar-refractivity contribution is -0.141. The number of carbonyl (C=O) groups excluding carboxylic acids is 4. The number of nitrogens with one attached hydrogen (secondary N) is 3. The van der Waals surface area contributed by atoms with E-state index in [1.54, 1.807) is 32.2 Å². The van der Waals surface area contributed by atoms with Crippen LogP contribution >= 0.6 is 0 Å². The molecule has 3 rings (SSSR count). The molecule has 4 N–H and O–H groups in total. The van der Waals surface area contributed by atoms with Crippen molar-refractivity contribution in [3.8, 4) is 0 Å². The van der Waals surface area contributed by atoms with E-state index in [0.717, 1.165) is 50.5 Å². The van der Waals surface area contributed by atoms with Gasteiger partial charge in [-0.05, 0) is 49.5 Å². The van der Waals surface area contributed by atoms with Crippen LogP contribution in [0.2, 0.25) is 0 Å². The van der Waals surface area contributed by atoms with Crippen molar-refractivity contribution in [1.82, 2.24) is 40.2 Å². The summed E-state index contributed by atoms with van der Waals surface area (Å²) in [6, 6.07) is 6.54. The van der Waals surface area contributed by atoms with Gasteiger partial charge >= 0.3 is 12.1 Å². The molecule has 1 aliphatic rings. The second kappa shape index (κ2) is 23.7. The molecule has 0 unspecified atom stereocenters. The first-order valence-corrected chi connectivity index (χ1v) is 20.6. The molecular weight excluding hydrogens is 697 g/mol. The van der Waals surface area contributed by atoms with Crippen LogP contribution in [0.4, 0.5) is 9.59 Å². The maximum atomic E-state index is 14.5. The van der Waals surface area contributed by atoms with Crippen molar-refractivity contribution in [3.05, 3.63) is 54.1 Å². The van der Waals surface area contributed by atoms with E-state index in [2.05, 4.69) is 34.4 Å². The van der Waals surface area contributed by atoms with Crippen molar-refractivity contribution in [2.45, 2.75) is 129 Å². The van der Waals surface area contributed by atoms with Crippen LogP contribution in [0.5, 0.6) is 0 Å². The van der Waals surface area contributed by atoms with Gasteiger partial charge in [-0.25, -0.2) is 14.6 Å². The molecule has 55 heavy (non-hydrogen) atoms. The zero-order valence-corrected chi connectivity index (χ0v) is 34.6. The summed E-state index contributed by atoms with van der Waals surface area (Å²) in [6.45, 7) is 10.3. The Morgan fingerprint density at radius 1 is 0.873 bits per heavy atom. The van der Waals surface area contributed by atoms with Crippen LogP contribution in [-0.4, -0.2) is 130 Å². The fraction of sp³-hybridized carbons (Fsp3) is 0.690. The number of benzene rings is 1. The molecule has 4 atom stereocenters. The number of aromatic nitrogens is 2. The zero-order valence-electron chi connectivity index (χ0n) is 34.6. The Balaban J connectivity index is 1.82. The monoisotopic (exact) mass is 767 g/mol. The first-order valence-electron chi connectivity index (χ1n) is 20.6. The van der Waals surface area contributed by atoms with Crippen molar-refractivity contribution >= 4 is 23.9 Å². The van der Waals surface area contributed by atoms with Crippen molar-refractivity contribution in [3.63, 3.8) is 0 Å². The number of nitrogens with zero attached hydrogens (tertiary/aromatic N) is 5. The first kappa shape index (κ1) is 45.3. The van der Waals surface area contributed by atoms with Crippen LogP contribution in [0.25, 0.3) is 0 Å². The molecule has 13 heteroatoms. The van der Waals surface area contributed by atoms with Gasteiger partial charge in [-0.3, -0.25) is 9.59 Å². The zero-order chi connectivity index (χ0) is 40.3. The van der Waals surface area contributed by atoms with E-state index < -0.39 is 36.2 Å². The highest BCUT2D eigenvalue weighted by atomic mass is 16.3. The third-order valence-corrected chi connectivity index (χ3v) is 10.8. The average molecular weight is 767 g/mol. The van der Waals surface area contributed by atoms with Crippen molar-refractivity contribution < 1.29 is 24.3 Å². The van der Waals surface area contributed by atoms with E-state index in [-0.39, 0.29) is 31.3 Å². The fourth-order valence-corrected chi connectivity index (χ4v) is 7.38. The van der Waals surface area contributed by atoms with Gasteiger partial charge in [0.25, 0.3) is 0 Å². The minimum Gasteiger partial charge on any atom is -0.391 e. The first-order chi connectivity index (χ1) is 26.3. The normalized spacial score (nSPS) is 15.4. The van der Waals surface area contributed by atoms with Crippen LogP contribution < -0.4 is 10.6 Å². The van der Waals surface area contributed by atoms with Gasteiger partial charge in [0, 0.05) is 72.1 Å². The van der Waals surface area contributed by atoms with E-state index in [1.165, 1.54) is 22.5 Å². The highest BCUT2D eigenvalue weighted by Crippen LogP contribution is 2.29. The molecule has 0 radical (unpaired) electrons. The molecule has 0 spiro atoms. The van der Waals surface area contributed by atoms with Crippen LogP contribution in [0.15, 0.2) is 42.9 Å². The molecule has 0 saturated heterocycles. The summed E-state index contributed by atoms with van der Waals surface area (Å²) in [5.74, 6) is 0.0602. The summed E-state index contributed by atoms with van der Waals surface area (Å²) < 4.78 is 0. The molecular formula is C42H70N8O5. The van der Waals surface area contributed by atoms with Crippen molar-refractivity contribution in [2.75, 3.05) is 47.3 Å². The Bertz CT molecular complexity index is 1410. The summed E-state index contributed by atoms with van der Waals surface area (Å²) >= 11 is 0. The molecule has 1 fully saturated rings. The van der Waals surface area contributed by atoms with E-state index in [0.29, 0.717) is 50.0 Å². The summed E-state index contributed by atoms with van der Waals surface area (Å²) in [4.78, 5) is 69.2. The SMILES string of the molecule is CCCN(CCC)C(=O)N(C)CCN(C)C(=O)N[C@@H](Cc1ccccc1)C(=O)N(C)[C@@H](Cc1cnc[nH]1)C(=O)N[C@@H](CC1CCCCC1)[C@@H](O)CCC(C)C. The number of carbonyl (C=O) groups is 4. The standard InChI is InChI=1S/C42H70N8O5/c1-8-22-50(23-9-2)42(55)48(6)25-24-47(5)41(54)46-36(27-33-18-14-11-15-19-33)40(53)49(7)37(28-34-29-43-30-44-34)39(52)45-35(38(51)21-20-31(3)4)26-32-16-12-10-13-17-32/h11,14-15,18-19,29-32,35-38,51H,8-10,12-13,16-17,20-28H2,1-7H3,(H,43,44)(H,45,52)(H,46,54)/t35-,36-,37-,38-/m0/s1. The fourth-order valence-electron chi connectivity index (χ4n) is 7.38. The number of aliphatic hydroxyl groups is 1. The summed E-state index contributed by atoms with van der Waals surface area (Å²) in [6.07, 6.45) is 12.4. The van der Waals surface area contributed by atoms with Crippen LogP contribution in [-0.2, 0) is 22.4 Å². The highest BCUT2D eigenvalue weighted by Gasteiger charge is 2.36. The van der Waals surface area contributed by atoms with Gasteiger partial charge in [-0.1, -0.05) is 90.1 Å². The second-order valence-corrected chi connectivity index (χ2v) is 15.9. The van der Waals surface area contributed by atoms with Gasteiger partial charge < -0.3 is 40.3 Å². The third kappa shape index (κ3) is 15.1. The number of hydrogen-bond donors (Lipinski definition) is 4. The lowest BCUT2D eigenvalue weighted by Crippen LogP contribution is -2.58. The molecule has 2 aromatic rings. The number of urea groups is 2. The van der Waals surface area contributed by atoms with E-state index in [1.807, 2.05) is 49.1 Å². The second-order valence-electron chi connectivity index (χ2n) is 15.9. The van der Waals surface area contributed by atoms with Crippen LogP contribution in [0.1, 0.15) is 103 Å². The Hall–Kier alpha value is -4.13. The number of imidazole rings is 1. The molecule has 1 aromatic carbocycles. The average Bonchev–Trinajstić information content (AvgIpc) is 3.70. The topological polar surface area (TPSA) is 154 Å². The molecule has 1 aliphatic carbocycles. The number of aliphatic hydroxyl groups excluding tert-OH is 1. The highest BCUT2D eigenvalue weighted by molar-refractivity contribution is 5.92. The predicted molar refractivity (Wildman–Crippen MR) is 217 cm³/mol. The third-order valence-electron chi connectivity index (χ3n) is 10.8. The number of likely N-dealkylation sites (N-methyl/N-ethyl adjacent to an activating group) is 3. The van der Waals surface area contributed by atoms with Gasteiger partial charge in [0.05, 0.1) is 18.5 Å². The van der Waals surface area contributed by atoms with Crippen molar-refractivity contribution in [1.29, 1.82) is 0 Å². The maximum Gasteiger partial charge on any atom is 0.319 e. The minimum absolute atomic E-state index is 0.0775. The lowest BCUT2D eigenvalue weighted by atomic mass is 9.83. The quantitative estimate of drug-likeness (QED) is 0.125. The van der Waals surface area contributed by atoms with Crippen LogP contribution in [0.3, 0.4) is 0 Å². The number of amides is 6. The largest absolute Gasteiger partial charge is 0.391 e. The van der Waals surface area contributed by atoms with E-state index >= 15 is 0 Å². The maximum absolute atomic E-state index is 14.5. The molecule has 308 valence electrons. The Morgan fingerprint density at radius 3 is 2.13 bits per heavy atom. The van der Waals surface area contributed by atoms with E-state index in [9.17, 15) is 24.3 Å². The molecule has 0 aliphatic heterocycles. The Morgan fingerprint density at radius 2 is 1.53 bits per heavy atom. The summed E-state index contributed by atoms with van der Waals surface area (Å²) in [5, 5.41) is 17.6. The van der Waals surface area contributed by atoms with Crippen molar-refractivity contribution in [2.24, 2.45) is 11.8 Å². The Labute approximate surface area is 330 Å². The summed E-state index contributed by atoms with van der Waals surface area (Å²) in [7, 11) is 4.97. The predicted octanol–water partition coefficient (Wildman–Crippen LogP) is 5.46. The number of hydrogen-bond acceptors (Lipinski definition) is 6. The van der Waals surface area contributed by atoms with Gasteiger partial charge in [0.15, 0.2) is 0 Å². The Kier molecular flexibility index (Phi) is 19.5. The molecule has 6 amide bonds. The van der Waals surface area contributed by atoms with Gasteiger partial charge in [0.1, 0.15) is 12.1 Å². The molecule has 1 saturated carbocycles. The minimum atomic E-state index is -0.988. The molecule has 1 aromatic heterocycles. The van der Waals surface area contributed by atoms with Gasteiger partial charge in [-0.15, -0.1) is 0 Å². The lowest BCUT2D eigenvalue weighted by Gasteiger charge is -2.35. The van der Waals surface area contributed by atoms with Gasteiger partial charge in [-0.2, -0.15) is 0 Å². The van der Waals surface area contributed by atoms with E-state index in [4.69, 9.17) is 0 Å². The smallest absolute Gasteiger partial charge is 0.319 e. The van der Waals surface area contributed by atoms with Gasteiger partial charge in [0.2, 0.25) is 11.8 Å². The number of rotatable bonds is 22. The summed E-state index contributed by atoms with van der Waals surface area (Å²) in [5.41, 5.74) is 1.53. The number of aromatic amines is 1. The molecule has 1 heterocycles. The molecule has 0 bridgehead atoms.